The molecule has 0 radical (unpaired) electrons. The Kier molecular flexibility index (Phi) is 15.2. The summed E-state index contributed by atoms with van der Waals surface area (Å²) in [6.45, 7) is 4.75. The summed E-state index contributed by atoms with van der Waals surface area (Å²) in [5.41, 5.74) is 0. The Hall–Kier alpha value is -0.120. The zero-order valence-corrected chi connectivity index (χ0v) is 13.6. The minimum Gasteiger partial charge on any atom is -0.396 e. The monoisotopic (exact) mass is 288 g/mol. The molecule has 3 nitrogen and oxygen atoms in total. The van der Waals surface area contributed by atoms with E-state index >= 15 is 0 Å². The van der Waals surface area contributed by atoms with Gasteiger partial charge in [-0.3, -0.25) is 0 Å². The van der Waals surface area contributed by atoms with Crippen LogP contribution in [-0.2, 0) is 4.74 Å². The van der Waals surface area contributed by atoms with E-state index in [0.29, 0.717) is 13.0 Å². The summed E-state index contributed by atoms with van der Waals surface area (Å²) in [6, 6.07) is 0. The molecule has 0 saturated carbocycles. The highest BCUT2D eigenvalue weighted by molar-refractivity contribution is 4.63. The summed E-state index contributed by atoms with van der Waals surface area (Å²) >= 11 is 0. The first-order valence-electron chi connectivity index (χ1n) is 8.62. The fraction of sp³-hybridized carbons (Fsp3) is 1.00. The zero-order valence-electron chi connectivity index (χ0n) is 13.6. The number of aliphatic hydroxyl groups is 2. The predicted molar refractivity (Wildman–Crippen MR) is 85.0 cm³/mol. The van der Waals surface area contributed by atoms with E-state index in [0.717, 1.165) is 6.42 Å². The van der Waals surface area contributed by atoms with Crippen molar-refractivity contribution < 1.29 is 14.9 Å². The Labute approximate surface area is 125 Å². The van der Waals surface area contributed by atoms with Crippen LogP contribution in [0.4, 0.5) is 0 Å². The molecule has 0 spiro atoms. The fourth-order valence-electron chi connectivity index (χ4n) is 2.42. The molecule has 2 unspecified atom stereocenters. The standard InChI is InChI=1S/C17H36O3/c1-3-4-5-6-7-8-9-10-11-12-15-20-17(13-14-18)16(2)19/h16-19H,3-15H2,1-2H3. The summed E-state index contributed by atoms with van der Waals surface area (Å²) in [5.74, 6) is 0. The molecule has 20 heavy (non-hydrogen) atoms. The number of hydrogen-bond acceptors (Lipinski definition) is 3. The molecule has 0 aliphatic heterocycles. The first kappa shape index (κ1) is 19.9. The first-order valence-corrected chi connectivity index (χ1v) is 8.62. The summed E-state index contributed by atoms with van der Waals surface area (Å²) in [5, 5.41) is 18.3. The van der Waals surface area contributed by atoms with Crippen LogP contribution in [0.2, 0.25) is 0 Å². The summed E-state index contributed by atoms with van der Waals surface area (Å²) in [7, 11) is 0. The van der Waals surface area contributed by atoms with Crippen LogP contribution in [0.5, 0.6) is 0 Å². The van der Waals surface area contributed by atoms with Crippen molar-refractivity contribution in [3.63, 3.8) is 0 Å². The maximum Gasteiger partial charge on any atom is 0.0852 e. The molecule has 3 heteroatoms. The second-order valence-electron chi connectivity index (χ2n) is 5.84. The molecule has 2 atom stereocenters. The SMILES string of the molecule is CCCCCCCCCCCCOC(CCO)C(C)O. The summed E-state index contributed by atoms with van der Waals surface area (Å²) in [6.07, 6.45) is 13.0. The van der Waals surface area contributed by atoms with Gasteiger partial charge in [-0.05, 0) is 19.8 Å². The van der Waals surface area contributed by atoms with Gasteiger partial charge in [-0.2, -0.15) is 0 Å². The van der Waals surface area contributed by atoms with Crippen molar-refractivity contribution in [3.8, 4) is 0 Å². The quantitative estimate of drug-likeness (QED) is 0.447. The lowest BCUT2D eigenvalue weighted by molar-refractivity contribution is -0.0413. The van der Waals surface area contributed by atoms with Gasteiger partial charge in [0.1, 0.15) is 0 Å². The average molecular weight is 288 g/mol. The molecule has 0 aromatic carbocycles. The molecule has 0 aromatic rings. The van der Waals surface area contributed by atoms with Crippen LogP contribution in [0.15, 0.2) is 0 Å². The van der Waals surface area contributed by atoms with Crippen molar-refractivity contribution >= 4 is 0 Å². The van der Waals surface area contributed by atoms with Crippen molar-refractivity contribution in [2.45, 2.75) is 96.7 Å². The largest absolute Gasteiger partial charge is 0.396 e. The van der Waals surface area contributed by atoms with Gasteiger partial charge in [0.15, 0.2) is 0 Å². The predicted octanol–water partition coefficient (Wildman–Crippen LogP) is 4.06. The molecule has 0 saturated heterocycles. The van der Waals surface area contributed by atoms with E-state index in [2.05, 4.69) is 6.92 Å². The van der Waals surface area contributed by atoms with Gasteiger partial charge in [-0.15, -0.1) is 0 Å². The van der Waals surface area contributed by atoms with Crippen LogP contribution in [0.1, 0.15) is 84.5 Å². The van der Waals surface area contributed by atoms with E-state index in [9.17, 15) is 5.11 Å². The third-order valence-electron chi connectivity index (χ3n) is 3.78. The molecule has 0 aliphatic carbocycles. The molecule has 0 aliphatic rings. The second-order valence-corrected chi connectivity index (χ2v) is 5.84. The number of ether oxygens (including phenoxy) is 1. The maximum atomic E-state index is 9.47. The van der Waals surface area contributed by atoms with Gasteiger partial charge in [-0.1, -0.05) is 64.7 Å². The van der Waals surface area contributed by atoms with Crippen molar-refractivity contribution in [1.29, 1.82) is 0 Å². The molecule has 0 fully saturated rings. The van der Waals surface area contributed by atoms with Gasteiger partial charge in [0.05, 0.1) is 12.2 Å². The third kappa shape index (κ3) is 12.9. The Morgan fingerprint density at radius 3 is 1.80 bits per heavy atom. The molecule has 0 aromatic heterocycles. The highest BCUT2D eigenvalue weighted by Crippen LogP contribution is 2.11. The minimum atomic E-state index is -0.495. The number of aliphatic hydroxyl groups excluding tert-OH is 2. The van der Waals surface area contributed by atoms with Crippen molar-refractivity contribution in [2.24, 2.45) is 0 Å². The molecule has 0 rings (SSSR count). The lowest BCUT2D eigenvalue weighted by atomic mass is 10.1. The van der Waals surface area contributed by atoms with Crippen LogP contribution in [0, 0.1) is 0 Å². The Bertz CT molecular complexity index is 183. The van der Waals surface area contributed by atoms with Crippen LogP contribution in [-0.4, -0.2) is 35.6 Å². The molecule has 0 bridgehead atoms. The van der Waals surface area contributed by atoms with Gasteiger partial charge >= 0.3 is 0 Å². The van der Waals surface area contributed by atoms with Crippen LogP contribution < -0.4 is 0 Å². The topological polar surface area (TPSA) is 49.7 Å². The molecule has 122 valence electrons. The fourth-order valence-corrected chi connectivity index (χ4v) is 2.42. The van der Waals surface area contributed by atoms with Gasteiger partial charge in [0.25, 0.3) is 0 Å². The average Bonchev–Trinajstić information content (AvgIpc) is 2.43. The highest BCUT2D eigenvalue weighted by Gasteiger charge is 2.14. The van der Waals surface area contributed by atoms with Crippen LogP contribution in [0.25, 0.3) is 0 Å². The summed E-state index contributed by atoms with van der Waals surface area (Å²) < 4.78 is 5.61. The molecule has 2 N–H and O–H groups in total. The van der Waals surface area contributed by atoms with Gasteiger partial charge < -0.3 is 14.9 Å². The smallest absolute Gasteiger partial charge is 0.0852 e. The summed E-state index contributed by atoms with van der Waals surface area (Å²) in [4.78, 5) is 0. The number of hydrogen-bond donors (Lipinski definition) is 2. The third-order valence-corrected chi connectivity index (χ3v) is 3.78. The van der Waals surface area contributed by atoms with Gasteiger partial charge in [-0.25, -0.2) is 0 Å². The normalized spacial score (nSPS) is 14.4. The lowest BCUT2D eigenvalue weighted by Gasteiger charge is -2.19. The molecule has 0 amide bonds. The Morgan fingerprint density at radius 1 is 0.850 bits per heavy atom. The van der Waals surface area contributed by atoms with Crippen LogP contribution in [0.3, 0.4) is 0 Å². The van der Waals surface area contributed by atoms with Crippen molar-refractivity contribution in [1.82, 2.24) is 0 Å². The van der Waals surface area contributed by atoms with E-state index in [-0.39, 0.29) is 12.7 Å². The maximum absolute atomic E-state index is 9.47. The van der Waals surface area contributed by atoms with E-state index in [1.807, 2.05) is 0 Å². The Morgan fingerprint density at radius 2 is 1.35 bits per heavy atom. The molecule has 0 heterocycles. The molecular weight excluding hydrogens is 252 g/mol. The first-order chi connectivity index (χ1) is 9.72. The number of unbranched alkanes of at least 4 members (excludes halogenated alkanes) is 9. The zero-order chi connectivity index (χ0) is 15.1. The van der Waals surface area contributed by atoms with E-state index in [1.165, 1.54) is 57.8 Å². The van der Waals surface area contributed by atoms with E-state index in [1.54, 1.807) is 6.92 Å². The second kappa shape index (κ2) is 15.3. The van der Waals surface area contributed by atoms with Crippen LogP contribution >= 0.6 is 0 Å². The molecular formula is C17H36O3. The van der Waals surface area contributed by atoms with Crippen molar-refractivity contribution in [3.05, 3.63) is 0 Å². The van der Waals surface area contributed by atoms with Gasteiger partial charge in [0.2, 0.25) is 0 Å². The van der Waals surface area contributed by atoms with Crippen molar-refractivity contribution in [2.75, 3.05) is 13.2 Å². The highest BCUT2D eigenvalue weighted by atomic mass is 16.5. The Balaban J connectivity index is 3.23. The van der Waals surface area contributed by atoms with E-state index in [4.69, 9.17) is 9.84 Å². The van der Waals surface area contributed by atoms with E-state index < -0.39 is 6.10 Å². The number of rotatable bonds is 15. The minimum absolute atomic E-state index is 0.0770. The lowest BCUT2D eigenvalue weighted by Crippen LogP contribution is -2.27. The van der Waals surface area contributed by atoms with Gasteiger partial charge in [0, 0.05) is 13.2 Å².